The standard InChI is InChI=1S/C11H16N4O4.ClH/c1-7-5-12-3-4-14(7)8(16)6-15-10(18)9(17)13(2)11(15)19;/h7,12H,3-6H2,1-2H3;1H. The van der Waals surface area contributed by atoms with E-state index in [-0.39, 0.29) is 30.9 Å². The van der Waals surface area contributed by atoms with Crippen molar-refractivity contribution in [3.63, 3.8) is 0 Å². The minimum Gasteiger partial charge on any atom is -0.336 e. The smallest absolute Gasteiger partial charge is 0.334 e. The molecule has 0 aromatic carbocycles. The van der Waals surface area contributed by atoms with Gasteiger partial charge in [-0.05, 0) is 6.92 Å². The van der Waals surface area contributed by atoms with Crippen LogP contribution in [-0.2, 0) is 14.4 Å². The average Bonchev–Trinajstić information content (AvgIpc) is 2.57. The molecule has 112 valence electrons. The summed E-state index contributed by atoms with van der Waals surface area (Å²) in [5.41, 5.74) is 0. The molecular formula is C11H17ClN4O4. The van der Waals surface area contributed by atoms with Crippen LogP contribution in [0.2, 0.25) is 0 Å². The van der Waals surface area contributed by atoms with E-state index in [4.69, 9.17) is 0 Å². The van der Waals surface area contributed by atoms with Crippen molar-refractivity contribution < 1.29 is 19.2 Å². The van der Waals surface area contributed by atoms with Crippen molar-refractivity contribution in [1.29, 1.82) is 0 Å². The van der Waals surface area contributed by atoms with Crippen molar-refractivity contribution >= 4 is 36.2 Å². The van der Waals surface area contributed by atoms with Crippen molar-refractivity contribution in [1.82, 2.24) is 20.0 Å². The van der Waals surface area contributed by atoms with Crippen molar-refractivity contribution in [2.45, 2.75) is 13.0 Å². The molecule has 0 radical (unpaired) electrons. The summed E-state index contributed by atoms with van der Waals surface area (Å²) in [4.78, 5) is 49.7. The summed E-state index contributed by atoms with van der Waals surface area (Å²) in [5.74, 6) is -2.16. The monoisotopic (exact) mass is 304 g/mol. The highest BCUT2D eigenvalue weighted by Gasteiger charge is 2.43. The van der Waals surface area contributed by atoms with Gasteiger partial charge in [-0.3, -0.25) is 19.3 Å². The lowest BCUT2D eigenvalue weighted by Gasteiger charge is -2.34. The van der Waals surface area contributed by atoms with Gasteiger partial charge in [0.2, 0.25) is 5.91 Å². The molecule has 0 aromatic rings. The van der Waals surface area contributed by atoms with Crippen molar-refractivity contribution in [3.05, 3.63) is 0 Å². The molecule has 9 heteroatoms. The molecule has 2 saturated heterocycles. The lowest BCUT2D eigenvalue weighted by Crippen LogP contribution is -2.55. The molecule has 2 aliphatic rings. The molecular weight excluding hydrogens is 288 g/mol. The van der Waals surface area contributed by atoms with E-state index in [9.17, 15) is 19.2 Å². The fraction of sp³-hybridized carbons (Fsp3) is 0.636. The number of amides is 5. The number of likely N-dealkylation sites (N-methyl/N-ethyl adjacent to an activating group) is 1. The number of carbonyl (C=O) groups excluding carboxylic acids is 4. The molecule has 0 aliphatic carbocycles. The number of urea groups is 1. The third-order valence-electron chi connectivity index (χ3n) is 3.37. The normalized spacial score (nSPS) is 23.2. The zero-order valence-corrected chi connectivity index (χ0v) is 12.1. The number of hydrogen-bond donors (Lipinski definition) is 1. The Morgan fingerprint density at radius 3 is 2.45 bits per heavy atom. The van der Waals surface area contributed by atoms with Crippen molar-refractivity contribution in [2.24, 2.45) is 0 Å². The summed E-state index contributed by atoms with van der Waals surface area (Å²) in [6.07, 6.45) is 0. The summed E-state index contributed by atoms with van der Waals surface area (Å²) >= 11 is 0. The number of imide groups is 2. The molecule has 1 atom stereocenters. The highest BCUT2D eigenvalue weighted by molar-refractivity contribution is 6.44. The Hall–Kier alpha value is -1.67. The van der Waals surface area contributed by atoms with Crippen LogP contribution in [0.3, 0.4) is 0 Å². The third-order valence-corrected chi connectivity index (χ3v) is 3.37. The van der Waals surface area contributed by atoms with Crippen LogP contribution in [0, 0.1) is 0 Å². The first-order chi connectivity index (χ1) is 8.93. The molecule has 0 bridgehead atoms. The van der Waals surface area contributed by atoms with Gasteiger partial charge in [-0.2, -0.15) is 0 Å². The van der Waals surface area contributed by atoms with Crippen LogP contribution in [0.5, 0.6) is 0 Å². The zero-order valence-electron chi connectivity index (χ0n) is 11.3. The Morgan fingerprint density at radius 2 is 1.95 bits per heavy atom. The fourth-order valence-corrected chi connectivity index (χ4v) is 2.19. The topological polar surface area (TPSA) is 90.0 Å². The number of nitrogens with one attached hydrogen (secondary N) is 1. The average molecular weight is 305 g/mol. The molecule has 1 unspecified atom stereocenters. The molecule has 8 nitrogen and oxygen atoms in total. The first-order valence-electron chi connectivity index (χ1n) is 6.07. The Morgan fingerprint density at radius 1 is 1.30 bits per heavy atom. The number of halogens is 1. The molecule has 0 spiro atoms. The van der Waals surface area contributed by atoms with Crippen LogP contribution >= 0.6 is 12.4 Å². The number of piperazine rings is 1. The summed E-state index contributed by atoms with van der Waals surface area (Å²) < 4.78 is 0. The molecule has 20 heavy (non-hydrogen) atoms. The first kappa shape index (κ1) is 16.4. The van der Waals surface area contributed by atoms with Crippen molar-refractivity contribution in [2.75, 3.05) is 33.2 Å². The van der Waals surface area contributed by atoms with E-state index in [0.29, 0.717) is 24.5 Å². The number of hydrogen-bond acceptors (Lipinski definition) is 5. The first-order valence-corrected chi connectivity index (χ1v) is 6.07. The van der Waals surface area contributed by atoms with Crippen LogP contribution in [0.4, 0.5) is 4.79 Å². The second-order valence-corrected chi connectivity index (χ2v) is 4.68. The van der Waals surface area contributed by atoms with Crippen LogP contribution in [0.15, 0.2) is 0 Å². The Labute approximate surface area is 122 Å². The second-order valence-electron chi connectivity index (χ2n) is 4.68. The zero-order chi connectivity index (χ0) is 14.2. The summed E-state index contributed by atoms with van der Waals surface area (Å²) in [6.45, 7) is 3.39. The third kappa shape index (κ3) is 2.75. The number of nitrogens with zero attached hydrogens (tertiary/aromatic N) is 3. The Bertz CT molecular complexity index is 456. The van der Waals surface area contributed by atoms with Crippen LogP contribution in [0.25, 0.3) is 0 Å². The van der Waals surface area contributed by atoms with Gasteiger partial charge >= 0.3 is 17.8 Å². The van der Waals surface area contributed by atoms with Gasteiger partial charge in [0.25, 0.3) is 0 Å². The van der Waals surface area contributed by atoms with E-state index in [2.05, 4.69) is 5.32 Å². The van der Waals surface area contributed by atoms with Gasteiger partial charge in [0.15, 0.2) is 0 Å². The van der Waals surface area contributed by atoms with E-state index in [0.717, 1.165) is 4.90 Å². The SMILES string of the molecule is CC1CNCCN1C(=O)CN1C(=O)C(=O)N(C)C1=O.Cl. The van der Waals surface area contributed by atoms with Crippen LogP contribution in [-0.4, -0.2) is 77.7 Å². The van der Waals surface area contributed by atoms with Gasteiger partial charge in [-0.25, -0.2) is 9.69 Å². The predicted octanol–water partition coefficient (Wildman–Crippen LogP) is -1.35. The predicted molar refractivity (Wildman–Crippen MR) is 71.2 cm³/mol. The quantitative estimate of drug-likeness (QED) is 0.503. The second kappa shape index (κ2) is 6.19. The summed E-state index contributed by atoms with van der Waals surface area (Å²) in [6, 6.07) is -0.742. The highest BCUT2D eigenvalue weighted by Crippen LogP contribution is 2.11. The van der Waals surface area contributed by atoms with Gasteiger partial charge in [0.1, 0.15) is 6.54 Å². The maximum absolute atomic E-state index is 12.1. The van der Waals surface area contributed by atoms with Crippen LogP contribution in [0.1, 0.15) is 6.92 Å². The number of rotatable bonds is 2. The minimum absolute atomic E-state index is 0. The lowest BCUT2D eigenvalue weighted by atomic mass is 10.2. The molecule has 2 fully saturated rings. The van der Waals surface area contributed by atoms with E-state index >= 15 is 0 Å². The molecule has 2 rings (SSSR count). The van der Waals surface area contributed by atoms with E-state index in [1.165, 1.54) is 7.05 Å². The van der Waals surface area contributed by atoms with Crippen LogP contribution < -0.4 is 5.32 Å². The van der Waals surface area contributed by atoms with Crippen molar-refractivity contribution in [3.8, 4) is 0 Å². The molecule has 0 aromatic heterocycles. The van der Waals surface area contributed by atoms with Gasteiger partial charge in [0.05, 0.1) is 0 Å². The molecule has 5 amide bonds. The van der Waals surface area contributed by atoms with Gasteiger partial charge in [-0.1, -0.05) is 0 Å². The highest BCUT2D eigenvalue weighted by atomic mass is 35.5. The Kier molecular flexibility index (Phi) is 5.07. The Balaban J connectivity index is 0.00000200. The van der Waals surface area contributed by atoms with Gasteiger partial charge < -0.3 is 10.2 Å². The van der Waals surface area contributed by atoms with E-state index in [1.807, 2.05) is 6.92 Å². The molecule has 0 saturated carbocycles. The fourth-order valence-electron chi connectivity index (χ4n) is 2.19. The van der Waals surface area contributed by atoms with E-state index < -0.39 is 17.8 Å². The molecule has 2 aliphatic heterocycles. The van der Waals surface area contributed by atoms with E-state index in [1.54, 1.807) is 4.90 Å². The molecule has 1 N–H and O–H groups in total. The minimum atomic E-state index is -0.941. The largest absolute Gasteiger partial charge is 0.336 e. The maximum atomic E-state index is 12.1. The maximum Gasteiger partial charge on any atom is 0.334 e. The summed E-state index contributed by atoms with van der Waals surface area (Å²) in [7, 11) is 1.22. The molecule has 2 heterocycles. The van der Waals surface area contributed by atoms with Gasteiger partial charge in [0, 0.05) is 32.7 Å². The van der Waals surface area contributed by atoms with Gasteiger partial charge in [-0.15, -0.1) is 12.4 Å². The number of carbonyl (C=O) groups is 4. The lowest BCUT2D eigenvalue weighted by molar-refractivity contribution is -0.145. The summed E-state index contributed by atoms with van der Waals surface area (Å²) in [5, 5.41) is 3.14.